The minimum atomic E-state index is -0.269. The highest BCUT2D eigenvalue weighted by Crippen LogP contribution is 2.28. The number of amides is 2. The van der Waals surface area contributed by atoms with E-state index >= 15 is 0 Å². The number of rotatable bonds is 8. The maximum atomic E-state index is 12.3. The quantitative estimate of drug-likeness (QED) is 0.478. The number of benzene rings is 2. The van der Waals surface area contributed by atoms with Crippen LogP contribution in [0.5, 0.6) is 11.5 Å². The van der Waals surface area contributed by atoms with Gasteiger partial charge >= 0.3 is 0 Å². The third kappa shape index (κ3) is 6.05. The van der Waals surface area contributed by atoms with E-state index in [1.807, 2.05) is 39.0 Å². The van der Waals surface area contributed by atoms with Crippen molar-refractivity contribution in [2.24, 2.45) is 5.10 Å². The topological polar surface area (TPSA) is 80.2 Å². The van der Waals surface area contributed by atoms with Crippen LogP contribution in [-0.2, 0) is 9.59 Å². The fourth-order valence-corrected chi connectivity index (χ4v) is 3.70. The van der Waals surface area contributed by atoms with Crippen LogP contribution in [0.15, 0.2) is 41.5 Å². The van der Waals surface area contributed by atoms with E-state index < -0.39 is 0 Å². The zero-order valence-corrected chi connectivity index (χ0v) is 19.1. The summed E-state index contributed by atoms with van der Waals surface area (Å²) in [6.07, 6.45) is 1.54. The second-order valence-corrected chi connectivity index (χ2v) is 8.39. The van der Waals surface area contributed by atoms with Crippen molar-refractivity contribution in [1.29, 1.82) is 0 Å². The van der Waals surface area contributed by atoms with Crippen LogP contribution < -0.4 is 14.8 Å². The average Bonchev–Trinajstić information content (AvgIpc) is 3.06. The molecule has 31 heavy (non-hydrogen) atoms. The Morgan fingerprint density at radius 1 is 1.19 bits per heavy atom. The van der Waals surface area contributed by atoms with Crippen molar-refractivity contribution in [2.75, 3.05) is 24.3 Å². The van der Waals surface area contributed by atoms with Crippen LogP contribution in [0.1, 0.15) is 23.6 Å². The molecule has 1 N–H and O–H groups in total. The van der Waals surface area contributed by atoms with Crippen molar-refractivity contribution in [3.8, 4) is 11.5 Å². The number of thioether (sulfide) groups is 1. The molecule has 0 aromatic heterocycles. The largest absolute Gasteiger partial charge is 0.490 e. The van der Waals surface area contributed by atoms with Gasteiger partial charge in [0.2, 0.25) is 0 Å². The molecule has 1 aliphatic rings. The van der Waals surface area contributed by atoms with Crippen LogP contribution in [-0.4, -0.2) is 46.3 Å². The Kier molecular flexibility index (Phi) is 7.64. The predicted octanol–water partition coefficient (Wildman–Crippen LogP) is 3.91. The van der Waals surface area contributed by atoms with Gasteiger partial charge in [0, 0.05) is 5.69 Å². The molecule has 0 atom stereocenters. The van der Waals surface area contributed by atoms with Crippen molar-refractivity contribution in [3.05, 3.63) is 53.1 Å². The van der Waals surface area contributed by atoms with Crippen molar-refractivity contribution in [2.45, 2.75) is 20.8 Å². The van der Waals surface area contributed by atoms with Gasteiger partial charge in [-0.2, -0.15) is 10.1 Å². The molecule has 3 rings (SSSR count). The third-order valence-corrected chi connectivity index (χ3v) is 5.81. The van der Waals surface area contributed by atoms with Gasteiger partial charge in [0.05, 0.1) is 18.6 Å². The number of hydrazone groups is 1. The van der Waals surface area contributed by atoms with Crippen molar-refractivity contribution in [3.63, 3.8) is 0 Å². The van der Waals surface area contributed by atoms with Crippen molar-refractivity contribution >= 4 is 52.0 Å². The molecule has 0 bridgehead atoms. The molecular formula is C22H23N3O4S2. The van der Waals surface area contributed by atoms with E-state index in [2.05, 4.69) is 10.4 Å². The molecule has 1 aliphatic heterocycles. The van der Waals surface area contributed by atoms with Crippen LogP contribution in [0.3, 0.4) is 0 Å². The Morgan fingerprint density at radius 2 is 2.00 bits per heavy atom. The van der Waals surface area contributed by atoms with E-state index in [-0.39, 0.29) is 18.4 Å². The average molecular weight is 458 g/mol. The second-order valence-electron chi connectivity index (χ2n) is 6.78. The molecule has 162 valence electrons. The Balaban J connectivity index is 1.65. The minimum absolute atomic E-state index is 0.147. The van der Waals surface area contributed by atoms with Crippen molar-refractivity contribution in [1.82, 2.24) is 5.01 Å². The number of thiocarbonyl (C=S) groups is 1. The normalized spacial score (nSPS) is 13.7. The number of ether oxygens (including phenoxy) is 2. The molecule has 7 nitrogen and oxygen atoms in total. The maximum Gasteiger partial charge on any atom is 0.262 e. The summed E-state index contributed by atoms with van der Waals surface area (Å²) in [5.74, 6) is 0.811. The SMILES string of the molecule is CCOc1cc(/C=N/N2C(=O)CSC2=S)ccc1OCC(=O)Nc1ccc(C)c(C)c1. The Hall–Kier alpha value is -2.91. The summed E-state index contributed by atoms with van der Waals surface area (Å²) in [7, 11) is 0. The zero-order chi connectivity index (χ0) is 22.4. The monoisotopic (exact) mass is 457 g/mol. The molecule has 1 fully saturated rings. The molecule has 0 radical (unpaired) electrons. The van der Waals surface area contributed by atoms with Crippen LogP contribution >= 0.6 is 24.0 Å². The van der Waals surface area contributed by atoms with E-state index in [1.165, 1.54) is 23.0 Å². The molecule has 0 spiro atoms. The van der Waals surface area contributed by atoms with E-state index in [1.54, 1.807) is 18.2 Å². The minimum Gasteiger partial charge on any atom is -0.490 e. The summed E-state index contributed by atoms with van der Waals surface area (Å²) in [5.41, 5.74) is 3.70. The van der Waals surface area contributed by atoms with Gasteiger partial charge in [-0.15, -0.1) is 0 Å². The maximum absolute atomic E-state index is 12.3. The van der Waals surface area contributed by atoms with E-state index in [4.69, 9.17) is 21.7 Å². The lowest BCUT2D eigenvalue weighted by molar-refractivity contribution is -0.124. The number of hydrogen-bond acceptors (Lipinski definition) is 7. The Labute approximate surface area is 190 Å². The summed E-state index contributed by atoms with van der Waals surface area (Å²) < 4.78 is 11.7. The molecule has 0 unspecified atom stereocenters. The summed E-state index contributed by atoms with van der Waals surface area (Å²) in [6.45, 7) is 6.14. The predicted molar refractivity (Wildman–Crippen MR) is 127 cm³/mol. The third-order valence-electron chi connectivity index (χ3n) is 4.47. The highest BCUT2D eigenvalue weighted by Gasteiger charge is 2.26. The number of aryl methyl sites for hydroxylation is 2. The molecule has 2 aromatic carbocycles. The highest BCUT2D eigenvalue weighted by molar-refractivity contribution is 8.23. The Morgan fingerprint density at radius 3 is 2.68 bits per heavy atom. The molecule has 0 aliphatic carbocycles. The van der Waals surface area contributed by atoms with Crippen LogP contribution in [0.2, 0.25) is 0 Å². The number of carbonyl (C=O) groups excluding carboxylic acids is 2. The summed E-state index contributed by atoms with van der Waals surface area (Å²) >= 11 is 6.40. The fourth-order valence-electron chi connectivity index (χ4n) is 2.74. The summed E-state index contributed by atoms with van der Waals surface area (Å²) in [5, 5.41) is 8.19. The Bertz CT molecular complexity index is 1020. The first-order valence-corrected chi connectivity index (χ1v) is 11.1. The standard InChI is InChI=1S/C22H23N3O4S2/c1-4-28-19-10-16(11-23-25-21(27)13-31-22(25)30)6-8-18(19)29-12-20(26)24-17-7-5-14(2)15(3)9-17/h5-11H,4,12-13H2,1-3H3,(H,24,26)/b23-11+. The number of nitrogens with one attached hydrogen (secondary N) is 1. The number of hydrogen-bond donors (Lipinski definition) is 1. The number of nitrogens with zero attached hydrogens (tertiary/aromatic N) is 2. The van der Waals surface area contributed by atoms with Gasteiger partial charge in [0.25, 0.3) is 11.8 Å². The van der Waals surface area contributed by atoms with Gasteiger partial charge in [-0.05, 0) is 67.8 Å². The van der Waals surface area contributed by atoms with Gasteiger partial charge < -0.3 is 14.8 Å². The number of anilines is 1. The van der Waals surface area contributed by atoms with Crippen LogP contribution in [0.4, 0.5) is 5.69 Å². The molecular weight excluding hydrogens is 434 g/mol. The second kappa shape index (κ2) is 10.4. The van der Waals surface area contributed by atoms with Crippen LogP contribution in [0, 0.1) is 13.8 Å². The first-order chi connectivity index (χ1) is 14.9. The summed E-state index contributed by atoms with van der Waals surface area (Å²) in [6, 6.07) is 10.9. The molecule has 9 heteroatoms. The summed E-state index contributed by atoms with van der Waals surface area (Å²) in [4.78, 5) is 24.0. The lowest BCUT2D eigenvalue weighted by atomic mass is 10.1. The first-order valence-electron chi connectivity index (χ1n) is 9.68. The van der Waals surface area contributed by atoms with Crippen LogP contribution in [0.25, 0.3) is 0 Å². The van der Waals surface area contributed by atoms with Gasteiger partial charge in [0.1, 0.15) is 0 Å². The molecule has 1 heterocycles. The van der Waals surface area contributed by atoms with Gasteiger partial charge in [-0.1, -0.05) is 30.0 Å². The zero-order valence-electron chi connectivity index (χ0n) is 17.5. The molecule has 0 saturated carbocycles. The fraction of sp³-hybridized carbons (Fsp3) is 0.273. The van der Waals surface area contributed by atoms with Gasteiger partial charge in [0.15, 0.2) is 22.4 Å². The lowest BCUT2D eigenvalue weighted by Gasteiger charge is -2.13. The molecule has 2 amide bonds. The lowest BCUT2D eigenvalue weighted by Crippen LogP contribution is -2.22. The highest BCUT2D eigenvalue weighted by atomic mass is 32.2. The molecule has 2 aromatic rings. The van der Waals surface area contributed by atoms with E-state index in [0.29, 0.717) is 33.7 Å². The van der Waals surface area contributed by atoms with Crippen molar-refractivity contribution < 1.29 is 19.1 Å². The van der Waals surface area contributed by atoms with E-state index in [9.17, 15) is 9.59 Å². The smallest absolute Gasteiger partial charge is 0.262 e. The number of carbonyl (C=O) groups is 2. The van der Waals surface area contributed by atoms with E-state index in [0.717, 1.165) is 16.8 Å². The van der Waals surface area contributed by atoms with Gasteiger partial charge in [-0.25, -0.2) is 0 Å². The molecule has 1 saturated heterocycles. The van der Waals surface area contributed by atoms with Gasteiger partial charge in [-0.3, -0.25) is 9.59 Å². The first kappa shape index (κ1) is 22.8.